The second-order valence-electron chi connectivity index (χ2n) is 5.93. The van der Waals surface area contributed by atoms with Gasteiger partial charge in [0.15, 0.2) is 0 Å². The lowest BCUT2D eigenvalue weighted by Crippen LogP contribution is -2.13. The van der Waals surface area contributed by atoms with Crippen LogP contribution in [-0.4, -0.2) is 9.97 Å². The van der Waals surface area contributed by atoms with E-state index in [1.165, 1.54) is 0 Å². The summed E-state index contributed by atoms with van der Waals surface area (Å²) in [5.74, 6) is 1.45. The van der Waals surface area contributed by atoms with Gasteiger partial charge in [-0.25, -0.2) is 9.97 Å². The van der Waals surface area contributed by atoms with Gasteiger partial charge in [-0.15, -0.1) is 0 Å². The van der Waals surface area contributed by atoms with Gasteiger partial charge in [-0.05, 0) is 23.8 Å². The molecule has 16 heavy (non-hydrogen) atoms. The maximum atomic E-state index is 6.01. The molecule has 0 amide bonds. The highest BCUT2D eigenvalue weighted by atomic mass is 35.5. The predicted molar refractivity (Wildman–Crippen MR) is 68.7 cm³/mol. The standard InChI is InChI=1S/C13H21ClN2/c1-9(2)6-10-7-11(14)16-12(15-10)8-13(3,4)5/h7,9H,6,8H2,1-5H3. The molecule has 0 saturated carbocycles. The first-order chi connectivity index (χ1) is 7.26. The van der Waals surface area contributed by atoms with Crippen molar-refractivity contribution in [3.05, 3.63) is 22.7 Å². The molecule has 3 heteroatoms. The van der Waals surface area contributed by atoms with E-state index < -0.39 is 0 Å². The number of hydrogen-bond donors (Lipinski definition) is 0. The lowest BCUT2D eigenvalue weighted by molar-refractivity contribution is 0.399. The fraction of sp³-hybridized carbons (Fsp3) is 0.692. The molecule has 0 aliphatic carbocycles. The lowest BCUT2D eigenvalue weighted by atomic mass is 9.92. The van der Waals surface area contributed by atoms with Crippen LogP contribution >= 0.6 is 11.6 Å². The molecule has 1 rings (SSSR count). The molecular formula is C13H21ClN2. The average Bonchev–Trinajstić information content (AvgIpc) is 1.96. The molecule has 0 aliphatic heterocycles. The first kappa shape index (κ1) is 13.4. The molecular weight excluding hydrogens is 220 g/mol. The van der Waals surface area contributed by atoms with Crippen LogP contribution in [0.15, 0.2) is 6.07 Å². The summed E-state index contributed by atoms with van der Waals surface area (Å²) in [7, 11) is 0. The molecule has 1 heterocycles. The minimum absolute atomic E-state index is 0.194. The van der Waals surface area contributed by atoms with Crippen molar-refractivity contribution < 1.29 is 0 Å². The maximum absolute atomic E-state index is 6.01. The highest BCUT2D eigenvalue weighted by Crippen LogP contribution is 2.20. The molecule has 0 saturated heterocycles. The monoisotopic (exact) mass is 240 g/mol. The third kappa shape index (κ3) is 4.93. The minimum atomic E-state index is 0.194. The predicted octanol–water partition coefficient (Wildman–Crippen LogP) is 3.92. The summed E-state index contributed by atoms with van der Waals surface area (Å²) < 4.78 is 0. The Balaban J connectivity index is 2.90. The van der Waals surface area contributed by atoms with Gasteiger partial charge in [0.25, 0.3) is 0 Å². The molecule has 0 N–H and O–H groups in total. The van der Waals surface area contributed by atoms with Crippen LogP contribution in [0.25, 0.3) is 0 Å². The first-order valence-electron chi connectivity index (χ1n) is 5.78. The van der Waals surface area contributed by atoms with Crippen LogP contribution in [0.4, 0.5) is 0 Å². The van der Waals surface area contributed by atoms with Gasteiger partial charge < -0.3 is 0 Å². The fourth-order valence-corrected chi connectivity index (χ4v) is 1.82. The zero-order valence-electron chi connectivity index (χ0n) is 10.8. The average molecular weight is 241 g/mol. The van der Waals surface area contributed by atoms with Crippen LogP contribution in [0.1, 0.15) is 46.1 Å². The van der Waals surface area contributed by atoms with E-state index in [-0.39, 0.29) is 5.41 Å². The van der Waals surface area contributed by atoms with Crippen molar-refractivity contribution in [3.8, 4) is 0 Å². The zero-order valence-corrected chi connectivity index (χ0v) is 11.6. The molecule has 0 spiro atoms. The third-order valence-corrected chi connectivity index (χ3v) is 2.29. The van der Waals surface area contributed by atoms with E-state index in [1.54, 1.807) is 0 Å². The van der Waals surface area contributed by atoms with E-state index in [2.05, 4.69) is 44.6 Å². The summed E-state index contributed by atoms with van der Waals surface area (Å²) in [5, 5.41) is 0.560. The summed E-state index contributed by atoms with van der Waals surface area (Å²) in [5.41, 5.74) is 1.24. The number of nitrogens with zero attached hydrogens (tertiary/aromatic N) is 2. The van der Waals surface area contributed by atoms with Gasteiger partial charge >= 0.3 is 0 Å². The summed E-state index contributed by atoms with van der Waals surface area (Å²) in [6.45, 7) is 10.9. The molecule has 0 aliphatic rings. The van der Waals surface area contributed by atoms with Crippen molar-refractivity contribution in [1.82, 2.24) is 9.97 Å². The summed E-state index contributed by atoms with van der Waals surface area (Å²) >= 11 is 6.01. The Morgan fingerprint density at radius 1 is 1.25 bits per heavy atom. The number of rotatable bonds is 3. The second kappa shape index (κ2) is 5.13. The van der Waals surface area contributed by atoms with Crippen molar-refractivity contribution in [3.63, 3.8) is 0 Å². The van der Waals surface area contributed by atoms with Gasteiger partial charge in [-0.1, -0.05) is 46.2 Å². The van der Waals surface area contributed by atoms with E-state index in [1.807, 2.05) is 6.07 Å². The molecule has 0 fully saturated rings. The molecule has 0 aromatic carbocycles. The van der Waals surface area contributed by atoms with Crippen molar-refractivity contribution in [2.45, 2.75) is 47.5 Å². The summed E-state index contributed by atoms with van der Waals surface area (Å²) in [6, 6.07) is 1.87. The summed E-state index contributed by atoms with van der Waals surface area (Å²) in [6.07, 6.45) is 1.82. The Kier molecular flexibility index (Phi) is 4.31. The SMILES string of the molecule is CC(C)Cc1cc(Cl)nc(CC(C)(C)C)n1. The maximum Gasteiger partial charge on any atom is 0.133 e. The Bertz CT molecular complexity index is 353. The zero-order chi connectivity index (χ0) is 12.3. The normalized spacial score (nSPS) is 12.2. The van der Waals surface area contributed by atoms with Crippen molar-refractivity contribution in [2.75, 3.05) is 0 Å². The van der Waals surface area contributed by atoms with Crippen LogP contribution in [0.2, 0.25) is 5.15 Å². The van der Waals surface area contributed by atoms with Crippen molar-refractivity contribution in [1.29, 1.82) is 0 Å². The quantitative estimate of drug-likeness (QED) is 0.749. The fourth-order valence-electron chi connectivity index (χ4n) is 1.59. The second-order valence-corrected chi connectivity index (χ2v) is 6.32. The highest BCUT2D eigenvalue weighted by molar-refractivity contribution is 6.29. The number of aromatic nitrogens is 2. The molecule has 0 unspecified atom stereocenters. The molecule has 1 aromatic heterocycles. The van der Waals surface area contributed by atoms with Gasteiger partial charge in [0.05, 0.1) is 0 Å². The van der Waals surface area contributed by atoms with Crippen LogP contribution in [0.3, 0.4) is 0 Å². The van der Waals surface area contributed by atoms with Gasteiger partial charge in [0.2, 0.25) is 0 Å². The first-order valence-corrected chi connectivity index (χ1v) is 6.16. The van der Waals surface area contributed by atoms with Gasteiger partial charge in [-0.2, -0.15) is 0 Å². The Morgan fingerprint density at radius 3 is 2.38 bits per heavy atom. The van der Waals surface area contributed by atoms with Gasteiger partial charge in [-0.3, -0.25) is 0 Å². The topological polar surface area (TPSA) is 25.8 Å². The smallest absolute Gasteiger partial charge is 0.133 e. The minimum Gasteiger partial charge on any atom is -0.238 e. The van der Waals surface area contributed by atoms with E-state index in [9.17, 15) is 0 Å². The van der Waals surface area contributed by atoms with Crippen LogP contribution in [0.5, 0.6) is 0 Å². The molecule has 0 radical (unpaired) electrons. The molecule has 0 atom stereocenters. The molecule has 1 aromatic rings. The van der Waals surface area contributed by atoms with Gasteiger partial charge in [0, 0.05) is 12.1 Å². The Morgan fingerprint density at radius 2 is 1.88 bits per heavy atom. The molecule has 90 valence electrons. The number of halogens is 1. The van der Waals surface area contributed by atoms with Crippen LogP contribution in [0, 0.1) is 11.3 Å². The van der Waals surface area contributed by atoms with Crippen molar-refractivity contribution in [2.24, 2.45) is 11.3 Å². The van der Waals surface area contributed by atoms with Gasteiger partial charge in [0.1, 0.15) is 11.0 Å². The number of hydrogen-bond acceptors (Lipinski definition) is 2. The van der Waals surface area contributed by atoms with E-state index in [0.29, 0.717) is 11.1 Å². The van der Waals surface area contributed by atoms with E-state index >= 15 is 0 Å². The largest absolute Gasteiger partial charge is 0.238 e. The van der Waals surface area contributed by atoms with E-state index in [4.69, 9.17) is 11.6 Å². The van der Waals surface area contributed by atoms with E-state index in [0.717, 1.165) is 24.4 Å². The van der Waals surface area contributed by atoms with Crippen molar-refractivity contribution >= 4 is 11.6 Å². The Labute approximate surface area is 103 Å². The lowest BCUT2D eigenvalue weighted by Gasteiger charge is -2.17. The Hall–Kier alpha value is -0.630. The highest BCUT2D eigenvalue weighted by Gasteiger charge is 2.14. The van der Waals surface area contributed by atoms with Crippen LogP contribution < -0.4 is 0 Å². The summed E-state index contributed by atoms with van der Waals surface area (Å²) in [4.78, 5) is 8.84. The molecule has 2 nitrogen and oxygen atoms in total. The van der Waals surface area contributed by atoms with Crippen LogP contribution in [-0.2, 0) is 12.8 Å². The molecule has 0 bridgehead atoms. The third-order valence-electron chi connectivity index (χ3n) is 2.10.